The molecular formula is C14H12BrClFNO2S. The monoisotopic (exact) mass is 391 g/mol. The lowest BCUT2D eigenvalue weighted by atomic mass is 10.2. The van der Waals surface area contributed by atoms with E-state index < -0.39 is 9.84 Å². The van der Waals surface area contributed by atoms with Crippen molar-refractivity contribution in [3.05, 3.63) is 57.3 Å². The van der Waals surface area contributed by atoms with Crippen LogP contribution >= 0.6 is 27.5 Å². The second kappa shape index (κ2) is 6.34. The summed E-state index contributed by atoms with van der Waals surface area (Å²) in [5, 5.41) is 3.41. The summed E-state index contributed by atoms with van der Waals surface area (Å²) in [6, 6.07) is 8.95. The van der Waals surface area contributed by atoms with E-state index in [0.29, 0.717) is 20.7 Å². The van der Waals surface area contributed by atoms with Crippen LogP contribution in [-0.2, 0) is 16.4 Å². The number of halogens is 3. The molecule has 0 saturated heterocycles. The predicted octanol–water partition coefficient (Wildman–Crippen LogP) is 4.26. The molecule has 0 fully saturated rings. The van der Waals surface area contributed by atoms with Gasteiger partial charge in [0, 0.05) is 33.5 Å². The lowest BCUT2D eigenvalue weighted by Gasteiger charge is -2.13. The third kappa shape index (κ3) is 3.96. The van der Waals surface area contributed by atoms with Crippen molar-refractivity contribution in [3.8, 4) is 0 Å². The largest absolute Gasteiger partial charge is 0.380 e. The van der Waals surface area contributed by atoms with Gasteiger partial charge in [0.05, 0.1) is 4.90 Å². The van der Waals surface area contributed by atoms with Crippen molar-refractivity contribution < 1.29 is 12.8 Å². The molecule has 2 aromatic carbocycles. The van der Waals surface area contributed by atoms with Gasteiger partial charge in [0.2, 0.25) is 0 Å². The molecule has 0 unspecified atom stereocenters. The van der Waals surface area contributed by atoms with E-state index in [2.05, 4.69) is 21.2 Å². The van der Waals surface area contributed by atoms with Gasteiger partial charge >= 0.3 is 0 Å². The number of hydrogen-bond donors (Lipinski definition) is 1. The molecule has 3 nitrogen and oxygen atoms in total. The number of anilines is 1. The standard InChI is InChI=1S/C14H12BrClFNO2S/c1-21(19,20)14-4-2-3-12(16)10(14)8-18-13-6-5-9(17)7-11(13)15/h2-7,18H,8H2,1H3. The molecule has 0 aromatic heterocycles. The van der Waals surface area contributed by atoms with Crippen LogP contribution in [0, 0.1) is 5.82 Å². The van der Waals surface area contributed by atoms with Crippen molar-refractivity contribution in [1.82, 2.24) is 0 Å². The molecule has 0 atom stereocenters. The van der Waals surface area contributed by atoms with Crippen molar-refractivity contribution in [2.24, 2.45) is 0 Å². The van der Waals surface area contributed by atoms with Crippen LogP contribution < -0.4 is 5.32 Å². The van der Waals surface area contributed by atoms with Gasteiger partial charge in [-0.05, 0) is 46.3 Å². The number of nitrogens with one attached hydrogen (secondary N) is 1. The normalized spacial score (nSPS) is 11.4. The zero-order valence-corrected chi connectivity index (χ0v) is 14.2. The molecule has 1 N–H and O–H groups in total. The lowest BCUT2D eigenvalue weighted by molar-refractivity contribution is 0.601. The summed E-state index contributed by atoms with van der Waals surface area (Å²) in [4.78, 5) is 0.181. The fraction of sp³-hybridized carbons (Fsp3) is 0.143. The summed E-state index contributed by atoms with van der Waals surface area (Å²) in [5.41, 5.74) is 1.13. The fourth-order valence-electron chi connectivity index (χ4n) is 1.87. The van der Waals surface area contributed by atoms with Gasteiger partial charge in [-0.25, -0.2) is 12.8 Å². The average Bonchev–Trinajstić information content (AvgIpc) is 2.37. The Hall–Kier alpha value is -1.11. The SMILES string of the molecule is CS(=O)(=O)c1cccc(Cl)c1CNc1ccc(F)cc1Br. The molecule has 7 heteroatoms. The van der Waals surface area contributed by atoms with Gasteiger partial charge in [-0.15, -0.1) is 0 Å². The molecule has 0 aliphatic heterocycles. The number of sulfone groups is 1. The molecular weight excluding hydrogens is 381 g/mol. The van der Waals surface area contributed by atoms with E-state index in [4.69, 9.17) is 11.6 Å². The van der Waals surface area contributed by atoms with Crippen LogP contribution in [-0.4, -0.2) is 14.7 Å². The maximum atomic E-state index is 13.0. The minimum Gasteiger partial charge on any atom is -0.380 e. The molecule has 0 amide bonds. The van der Waals surface area contributed by atoms with Crippen LogP contribution in [0.5, 0.6) is 0 Å². The minimum absolute atomic E-state index is 0.181. The molecule has 0 bridgehead atoms. The smallest absolute Gasteiger partial charge is 0.175 e. The topological polar surface area (TPSA) is 46.2 Å². The van der Waals surface area contributed by atoms with E-state index in [-0.39, 0.29) is 17.3 Å². The summed E-state index contributed by atoms with van der Waals surface area (Å²) in [7, 11) is -3.37. The maximum absolute atomic E-state index is 13.0. The molecule has 2 rings (SSSR count). The first-order valence-electron chi connectivity index (χ1n) is 5.95. The Morgan fingerprint density at radius 2 is 2.00 bits per heavy atom. The summed E-state index contributed by atoms with van der Waals surface area (Å²) < 4.78 is 37.2. The molecule has 0 heterocycles. The summed E-state index contributed by atoms with van der Waals surface area (Å²) in [5.74, 6) is -0.359. The predicted molar refractivity (Wildman–Crippen MR) is 86.0 cm³/mol. The van der Waals surface area contributed by atoms with Crippen LogP contribution in [0.2, 0.25) is 5.02 Å². The molecule has 0 spiro atoms. The van der Waals surface area contributed by atoms with E-state index >= 15 is 0 Å². The Morgan fingerprint density at radius 3 is 2.62 bits per heavy atom. The van der Waals surface area contributed by atoms with Crippen LogP contribution in [0.3, 0.4) is 0 Å². The highest BCUT2D eigenvalue weighted by Gasteiger charge is 2.16. The van der Waals surface area contributed by atoms with Gasteiger partial charge in [-0.1, -0.05) is 17.7 Å². The number of hydrogen-bond acceptors (Lipinski definition) is 3. The first-order chi connectivity index (χ1) is 9.79. The second-order valence-corrected chi connectivity index (χ2v) is 7.71. The van der Waals surface area contributed by atoms with Crippen LogP contribution in [0.1, 0.15) is 5.56 Å². The molecule has 0 saturated carbocycles. The van der Waals surface area contributed by atoms with Crippen LogP contribution in [0.4, 0.5) is 10.1 Å². The first kappa shape index (κ1) is 16.3. The van der Waals surface area contributed by atoms with Gasteiger partial charge in [-0.3, -0.25) is 0 Å². The zero-order valence-electron chi connectivity index (χ0n) is 11.0. The molecule has 21 heavy (non-hydrogen) atoms. The van der Waals surface area contributed by atoms with E-state index in [0.717, 1.165) is 6.26 Å². The van der Waals surface area contributed by atoms with E-state index in [1.54, 1.807) is 18.2 Å². The lowest BCUT2D eigenvalue weighted by Crippen LogP contribution is -2.08. The highest BCUT2D eigenvalue weighted by molar-refractivity contribution is 9.10. The van der Waals surface area contributed by atoms with Gasteiger partial charge in [0.1, 0.15) is 5.82 Å². The Kier molecular flexibility index (Phi) is 4.91. The van der Waals surface area contributed by atoms with Crippen LogP contribution in [0.25, 0.3) is 0 Å². The Morgan fingerprint density at radius 1 is 1.29 bits per heavy atom. The number of benzene rings is 2. The highest BCUT2D eigenvalue weighted by Crippen LogP contribution is 2.27. The maximum Gasteiger partial charge on any atom is 0.175 e. The Bertz CT molecular complexity index is 781. The van der Waals surface area contributed by atoms with E-state index in [1.165, 1.54) is 18.2 Å². The van der Waals surface area contributed by atoms with Crippen molar-refractivity contribution in [2.45, 2.75) is 11.4 Å². The molecule has 0 aliphatic rings. The van der Waals surface area contributed by atoms with E-state index in [9.17, 15) is 12.8 Å². The summed E-state index contributed by atoms with van der Waals surface area (Å²) in [6.45, 7) is 0.215. The van der Waals surface area contributed by atoms with Crippen molar-refractivity contribution in [2.75, 3.05) is 11.6 Å². The van der Waals surface area contributed by atoms with Crippen molar-refractivity contribution in [3.63, 3.8) is 0 Å². The molecule has 0 radical (unpaired) electrons. The van der Waals surface area contributed by atoms with Gasteiger partial charge in [-0.2, -0.15) is 0 Å². The Labute approximate surface area is 136 Å². The van der Waals surface area contributed by atoms with Gasteiger partial charge < -0.3 is 5.32 Å². The van der Waals surface area contributed by atoms with Crippen molar-refractivity contribution in [1.29, 1.82) is 0 Å². The zero-order chi connectivity index (χ0) is 15.6. The number of rotatable bonds is 4. The average molecular weight is 393 g/mol. The Balaban J connectivity index is 2.32. The quantitative estimate of drug-likeness (QED) is 0.846. The highest BCUT2D eigenvalue weighted by atomic mass is 79.9. The molecule has 0 aliphatic carbocycles. The second-order valence-electron chi connectivity index (χ2n) is 4.47. The first-order valence-corrected chi connectivity index (χ1v) is 9.01. The summed E-state index contributed by atoms with van der Waals surface area (Å²) in [6.07, 6.45) is 1.13. The van der Waals surface area contributed by atoms with Gasteiger partial charge in [0.25, 0.3) is 0 Å². The van der Waals surface area contributed by atoms with Gasteiger partial charge in [0.15, 0.2) is 9.84 Å². The molecule has 2 aromatic rings. The third-order valence-electron chi connectivity index (χ3n) is 2.86. The van der Waals surface area contributed by atoms with E-state index in [1.807, 2.05) is 0 Å². The molecule has 112 valence electrons. The fourth-order valence-corrected chi connectivity index (χ4v) is 3.62. The third-order valence-corrected chi connectivity index (χ3v) is 5.05. The van der Waals surface area contributed by atoms with Crippen molar-refractivity contribution >= 4 is 43.1 Å². The van der Waals surface area contributed by atoms with Crippen LogP contribution in [0.15, 0.2) is 45.8 Å². The summed E-state index contributed by atoms with van der Waals surface area (Å²) >= 11 is 9.33. The minimum atomic E-state index is -3.37.